The molecule has 0 spiro atoms. The summed E-state index contributed by atoms with van der Waals surface area (Å²) < 4.78 is 11.3. The van der Waals surface area contributed by atoms with Crippen molar-refractivity contribution in [2.24, 2.45) is 5.92 Å². The summed E-state index contributed by atoms with van der Waals surface area (Å²) >= 11 is 0. The van der Waals surface area contributed by atoms with Crippen LogP contribution in [0.15, 0.2) is 42.5 Å². The van der Waals surface area contributed by atoms with Gasteiger partial charge in [-0.05, 0) is 48.6 Å². The number of aromatic nitrogens is 1. The maximum absolute atomic E-state index is 13.7. The van der Waals surface area contributed by atoms with Crippen LogP contribution in [0.5, 0.6) is 11.5 Å². The maximum atomic E-state index is 13.7. The van der Waals surface area contributed by atoms with Crippen LogP contribution in [0.4, 0.5) is 0 Å². The Bertz CT molecular complexity index is 1260. The van der Waals surface area contributed by atoms with Crippen LogP contribution in [0.25, 0.3) is 10.9 Å². The van der Waals surface area contributed by atoms with E-state index in [1.165, 1.54) is 0 Å². The molecule has 2 amide bonds. The third kappa shape index (κ3) is 4.03. The van der Waals surface area contributed by atoms with Gasteiger partial charge in [0.2, 0.25) is 11.8 Å². The Hall–Kier alpha value is -3.48. The third-order valence-corrected chi connectivity index (χ3v) is 7.12. The Labute approximate surface area is 206 Å². The van der Waals surface area contributed by atoms with Gasteiger partial charge in [0.05, 0.1) is 26.3 Å². The summed E-state index contributed by atoms with van der Waals surface area (Å²) in [6.45, 7) is 7.45. The molecule has 184 valence electrons. The number of hydrogen-bond donors (Lipinski definition) is 1. The number of nitrogens with one attached hydrogen (secondary N) is 1. The number of ether oxygens (including phenoxy) is 2. The number of carbonyl (C=O) groups is 2. The van der Waals surface area contributed by atoms with E-state index >= 15 is 0 Å². The second-order valence-electron chi connectivity index (χ2n) is 9.77. The van der Waals surface area contributed by atoms with E-state index < -0.39 is 12.1 Å². The molecule has 1 N–H and O–H groups in total. The van der Waals surface area contributed by atoms with Crippen molar-refractivity contribution in [3.8, 4) is 11.5 Å². The zero-order chi connectivity index (χ0) is 24.7. The number of hydrogen-bond acceptors (Lipinski definition) is 4. The number of carbonyl (C=O) groups excluding carboxylic acids is 2. The van der Waals surface area contributed by atoms with Crippen LogP contribution < -0.4 is 9.47 Å². The molecule has 3 aromatic rings. The monoisotopic (exact) mass is 475 g/mol. The fourth-order valence-corrected chi connectivity index (χ4v) is 5.40. The summed E-state index contributed by atoms with van der Waals surface area (Å²) in [6.07, 6.45) is 1.39. The van der Waals surface area contributed by atoms with E-state index in [-0.39, 0.29) is 18.4 Å². The molecule has 1 saturated heterocycles. The molecule has 2 aliphatic heterocycles. The molecular weight excluding hydrogens is 442 g/mol. The topological polar surface area (TPSA) is 74.9 Å². The predicted molar refractivity (Wildman–Crippen MR) is 135 cm³/mol. The van der Waals surface area contributed by atoms with Crippen LogP contribution in [-0.2, 0) is 16.0 Å². The molecule has 35 heavy (non-hydrogen) atoms. The van der Waals surface area contributed by atoms with Gasteiger partial charge in [-0.3, -0.25) is 9.59 Å². The van der Waals surface area contributed by atoms with E-state index in [9.17, 15) is 9.59 Å². The van der Waals surface area contributed by atoms with Crippen LogP contribution in [0, 0.1) is 5.92 Å². The summed E-state index contributed by atoms with van der Waals surface area (Å²) in [5.41, 5.74) is 3.97. The van der Waals surface area contributed by atoms with Gasteiger partial charge in [0.25, 0.3) is 0 Å². The number of rotatable bonds is 7. The van der Waals surface area contributed by atoms with Crippen LogP contribution >= 0.6 is 0 Å². The van der Waals surface area contributed by atoms with Crippen LogP contribution in [-0.4, -0.2) is 59.4 Å². The first kappa shape index (κ1) is 23.3. The molecule has 1 fully saturated rings. The fourth-order valence-electron chi connectivity index (χ4n) is 5.40. The minimum absolute atomic E-state index is 0.0273. The van der Waals surface area contributed by atoms with Gasteiger partial charge in [0.1, 0.15) is 6.04 Å². The number of para-hydroxylation sites is 1. The quantitative estimate of drug-likeness (QED) is 0.553. The Balaban J connectivity index is 1.63. The molecule has 7 nitrogen and oxygen atoms in total. The molecule has 0 bridgehead atoms. The average Bonchev–Trinajstić information content (AvgIpc) is 3.23. The van der Waals surface area contributed by atoms with E-state index in [1.54, 1.807) is 16.9 Å². The largest absolute Gasteiger partial charge is 0.493 e. The normalized spacial score (nSPS) is 19.8. The number of nitrogens with zero attached hydrogens (tertiary/aromatic N) is 2. The molecular formula is C28H33N3O4. The lowest BCUT2D eigenvalue weighted by Crippen LogP contribution is -2.63. The lowest BCUT2D eigenvalue weighted by Gasteiger charge is -2.47. The van der Waals surface area contributed by atoms with E-state index in [1.807, 2.05) is 43.3 Å². The first-order valence-electron chi connectivity index (χ1n) is 12.4. The number of amides is 2. The average molecular weight is 476 g/mol. The van der Waals surface area contributed by atoms with E-state index in [0.717, 1.165) is 34.1 Å². The first-order valence-corrected chi connectivity index (χ1v) is 12.4. The number of methoxy groups -OCH3 is 1. The zero-order valence-electron chi connectivity index (χ0n) is 20.8. The van der Waals surface area contributed by atoms with Crippen LogP contribution in [0.3, 0.4) is 0 Å². The van der Waals surface area contributed by atoms with Gasteiger partial charge in [0.15, 0.2) is 11.5 Å². The minimum Gasteiger partial charge on any atom is -0.493 e. The van der Waals surface area contributed by atoms with Crippen LogP contribution in [0.1, 0.15) is 50.1 Å². The van der Waals surface area contributed by atoms with E-state index in [0.29, 0.717) is 37.0 Å². The first-order chi connectivity index (χ1) is 16.9. The number of fused-ring (bicyclic) bond motifs is 4. The van der Waals surface area contributed by atoms with Gasteiger partial charge < -0.3 is 24.3 Å². The third-order valence-electron chi connectivity index (χ3n) is 7.12. The Morgan fingerprint density at radius 2 is 1.91 bits per heavy atom. The lowest BCUT2D eigenvalue weighted by atomic mass is 9.86. The van der Waals surface area contributed by atoms with Gasteiger partial charge in [0, 0.05) is 29.6 Å². The summed E-state index contributed by atoms with van der Waals surface area (Å²) in [4.78, 5) is 34.4. The molecule has 0 unspecified atom stereocenters. The zero-order valence-corrected chi connectivity index (χ0v) is 20.8. The summed E-state index contributed by atoms with van der Waals surface area (Å²) in [7, 11) is 1.61. The predicted octanol–water partition coefficient (Wildman–Crippen LogP) is 4.31. The van der Waals surface area contributed by atoms with Crippen molar-refractivity contribution in [2.45, 2.75) is 45.7 Å². The highest BCUT2D eigenvalue weighted by Gasteiger charge is 2.48. The van der Waals surface area contributed by atoms with Crippen molar-refractivity contribution < 1.29 is 19.1 Å². The highest BCUT2D eigenvalue weighted by atomic mass is 16.5. The fraction of sp³-hybridized carbons (Fsp3) is 0.429. The molecule has 0 aliphatic carbocycles. The smallest absolute Gasteiger partial charge is 0.246 e. The molecule has 5 rings (SSSR count). The lowest BCUT2D eigenvalue weighted by molar-refractivity contribution is -0.158. The van der Waals surface area contributed by atoms with Gasteiger partial charge in [-0.15, -0.1) is 0 Å². The highest BCUT2D eigenvalue weighted by Crippen LogP contribution is 2.44. The Morgan fingerprint density at radius 3 is 2.66 bits per heavy atom. The molecule has 2 aromatic carbocycles. The number of aromatic amines is 1. The summed E-state index contributed by atoms with van der Waals surface area (Å²) in [6, 6.07) is 13.0. The van der Waals surface area contributed by atoms with E-state index in [4.69, 9.17) is 9.47 Å². The van der Waals surface area contributed by atoms with Gasteiger partial charge >= 0.3 is 0 Å². The van der Waals surface area contributed by atoms with Crippen molar-refractivity contribution in [1.82, 2.24) is 14.8 Å². The standard InChI is InChI=1S/C28H33N3O4/c1-5-35-23-11-10-18(14-24(23)34-4)27-26-20(19-8-6-7-9-21(19)29-26)15-22-28(33)30(13-12-17(2)3)16-25(32)31(22)27/h6-11,14,17,22,27,29H,5,12-13,15-16H2,1-4H3/t22-,27-/m0/s1. The molecule has 2 atom stereocenters. The number of piperazine rings is 1. The molecule has 0 radical (unpaired) electrons. The Morgan fingerprint density at radius 1 is 1.11 bits per heavy atom. The van der Waals surface area contributed by atoms with Crippen molar-refractivity contribution in [3.63, 3.8) is 0 Å². The molecule has 3 heterocycles. The second kappa shape index (κ2) is 9.29. The van der Waals surface area contributed by atoms with Crippen molar-refractivity contribution in [2.75, 3.05) is 26.8 Å². The van der Waals surface area contributed by atoms with Gasteiger partial charge in [-0.25, -0.2) is 0 Å². The van der Waals surface area contributed by atoms with Crippen LogP contribution in [0.2, 0.25) is 0 Å². The molecule has 7 heteroatoms. The number of H-pyrrole nitrogens is 1. The van der Waals surface area contributed by atoms with Gasteiger partial charge in [-0.2, -0.15) is 0 Å². The summed E-state index contributed by atoms with van der Waals surface area (Å²) in [5, 5.41) is 1.10. The highest BCUT2D eigenvalue weighted by molar-refractivity contribution is 5.97. The summed E-state index contributed by atoms with van der Waals surface area (Å²) in [5.74, 6) is 1.73. The molecule has 2 aliphatic rings. The van der Waals surface area contributed by atoms with Crippen molar-refractivity contribution in [3.05, 3.63) is 59.3 Å². The van der Waals surface area contributed by atoms with Crippen molar-refractivity contribution >= 4 is 22.7 Å². The molecule has 0 saturated carbocycles. The van der Waals surface area contributed by atoms with E-state index in [2.05, 4.69) is 24.9 Å². The molecule has 1 aromatic heterocycles. The number of benzene rings is 2. The van der Waals surface area contributed by atoms with Crippen molar-refractivity contribution in [1.29, 1.82) is 0 Å². The minimum atomic E-state index is -0.530. The maximum Gasteiger partial charge on any atom is 0.246 e. The SMILES string of the molecule is CCOc1ccc([C@H]2c3[nH]c4ccccc4c3C[C@H]3C(=O)N(CCC(C)C)CC(=O)N23)cc1OC. The van der Waals surface area contributed by atoms with Gasteiger partial charge in [-0.1, -0.05) is 38.1 Å². The second-order valence-corrected chi connectivity index (χ2v) is 9.77. The Kier molecular flexibility index (Phi) is 6.17.